The maximum atomic E-state index is 12.6. The van der Waals surface area contributed by atoms with Crippen molar-refractivity contribution in [1.29, 1.82) is 0 Å². The van der Waals surface area contributed by atoms with Crippen LogP contribution in [0.3, 0.4) is 0 Å². The van der Waals surface area contributed by atoms with E-state index in [4.69, 9.17) is 0 Å². The zero-order valence-corrected chi connectivity index (χ0v) is 12.7. The molecule has 0 bridgehead atoms. The third-order valence-corrected chi connectivity index (χ3v) is 3.37. The fourth-order valence-corrected chi connectivity index (χ4v) is 2.26. The van der Waals surface area contributed by atoms with Gasteiger partial charge in [0, 0.05) is 31.2 Å². The van der Waals surface area contributed by atoms with Crippen molar-refractivity contribution in [3.63, 3.8) is 0 Å². The third-order valence-electron chi connectivity index (χ3n) is 3.37. The molecule has 9 heteroatoms. The number of halogens is 2. The molecule has 0 aliphatic rings. The van der Waals surface area contributed by atoms with E-state index in [9.17, 15) is 13.6 Å². The zero-order chi connectivity index (χ0) is 16.9. The number of carbonyl (C=O) groups excluding carboxylic acids is 1. The van der Waals surface area contributed by atoms with Gasteiger partial charge in [-0.1, -0.05) is 0 Å². The number of imidazole rings is 1. The molecule has 2 amide bonds. The van der Waals surface area contributed by atoms with E-state index in [1.54, 1.807) is 29.1 Å². The molecule has 2 aromatic heterocycles. The molecule has 0 saturated heterocycles. The Labute approximate surface area is 136 Å². The minimum Gasteiger partial charge on any atom is -0.338 e. The molecule has 1 aromatic carbocycles. The largest absolute Gasteiger partial charge is 0.338 e. The van der Waals surface area contributed by atoms with E-state index in [1.165, 1.54) is 0 Å². The normalized spacial score (nSPS) is 11.1. The topological polar surface area (TPSA) is 87.6 Å². The minimum atomic E-state index is -2.66. The maximum Gasteiger partial charge on any atom is 0.319 e. The summed E-state index contributed by atoms with van der Waals surface area (Å²) < 4.78 is 27.0. The highest BCUT2D eigenvalue weighted by molar-refractivity contribution is 5.91. The summed E-state index contributed by atoms with van der Waals surface area (Å²) in [5.74, 6) is -0.384. The first-order valence-electron chi connectivity index (χ1n) is 7.42. The molecule has 0 saturated carbocycles. The molecule has 0 atom stereocenters. The van der Waals surface area contributed by atoms with Gasteiger partial charge < -0.3 is 15.6 Å². The predicted octanol–water partition coefficient (Wildman–Crippen LogP) is 2.91. The molecule has 0 fully saturated rings. The van der Waals surface area contributed by atoms with Gasteiger partial charge in [-0.2, -0.15) is 5.10 Å². The number of anilines is 1. The number of nitrogens with zero attached hydrogens (tertiary/aromatic N) is 3. The lowest BCUT2D eigenvalue weighted by Gasteiger charge is -2.07. The quantitative estimate of drug-likeness (QED) is 0.606. The highest BCUT2D eigenvalue weighted by Crippen LogP contribution is 2.22. The minimum absolute atomic E-state index is 0.358. The Morgan fingerprint density at radius 2 is 2.25 bits per heavy atom. The summed E-state index contributed by atoms with van der Waals surface area (Å²) in [6.07, 6.45) is 1.64. The molecule has 3 aromatic rings. The van der Waals surface area contributed by atoms with Gasteiger partial charge in [-0.05, 0) is 30.7 Å². The molecule has 0 spiro atoms. The number of H-pyrrole nitrogens is 1. The van der Waals surface area contributed by atoms with E-state index >= 15 is 0 Å². The monoisotopic (exact) mass is 334 g/mol. The highest BCUT2D eigenvalue weighted by Gasteiger charge is 2.13. The lowest BCUT2D eigenvalue weighted by Crippen LogP contribution is -2.30. The molecule has 7 nitrogen and oxygen atoms in total. The molecule has 0 aliphatic carbocycles. The SMILES string of the molecule is O=C(NCCCn1cccn1)Nc1ccc2nc(C(F)F)[nH]c2c1. The van der Waals surface area contributed by atoms with Crippen LogP contribution in [0, 0.1) is 0 Å². The summed E-state index contributed by atoms with van der Waals surface area (Å²) in [6.45, 7) is 1.21. The first-order chi connectivity index (χ1) is 11.6. The van der Waals surface area contributed by atoms with Crippen molar-refractivity contribution in [2.24, 2.45) is 0 Å². The van der Waals surface area contributed by atoms with E-state index in [-0.39, 0.29) is 11.9 Å². The number of fused-ring (bicyclic) bond motifs is 1. The van der Waals surface area contributed by atoms with Crippen molar-refractivity contribution in [3.8, 4) is 0 Å². The molecule has 3 N–H and O–H groups in total. The van der Waals surface area contributed by atoms with Crippen LogP contribution in [0.4, 0.5) is 19.3 Å². The fourth-order valence-electron chi connectivity index (χ4n) is 2.26. The van der Waals surface area contributed by atoms with Crippen LogP contribution >= 0.6 is 0 Å². The Morgan fingerprint density at radius 1 is 1.38 bits per heavy atom. The van der Waals surface area contributed by atoms with Gasteiger partial charge in [0.05, 0.1) is 11.0 Å². The van der Waals surface area contributed by atoms with Crippen LogP contribution in [0.1, 0.15) is 18.7 Å². The number of alkyl halides is 2. The average Bonchev–Trinajstić information content (AvgIpc) is 3.20. The summed E-state index contributed by atoms with van der Waals surface area (Å²) in [4.78, 5) is 18.1. The molecule has 0 aliphatic heterocycles. The van der Waals surface area contributed by atoms with Crippen LogP contribution in [-0.2, 0) is 6.54 Å². The van der Waals surface area contributed by atoms with Gasteiger partial charge >= 0.3 is 6.03 Å². The van der Waals surface area contributed by atoms with Crippen LogP contribution in [-0.4, -0.2) is 32.3 Å². The van der Waals surface area contributed by atoms with E-state index in [2.05, 4.69) is 25.7 Å². The number of rotatable bonds is 6. The molecule has 126 valence electrons. The summed E-state index contributed by atoms with van der Waals surface area (Å²) in [5.41, 5.74) is 1.37. The lowest BCUT2D eigenvalue weighted by molar-refractivity contribution is 0.142. The van der Waals surface area contributed by atoms with Gasteiger partial charge in [0.2, 0.25) is 0 Å². The number of hydrogen-bond donors (Lipinski definition) is 3. The molecule has 0 unspecified atom stereocenters. The number of benzene rings is 1. The molecular weight excluding hydrogens is 318 g/mol. The second kappa shape index (κ2) is 7.07. The number of aryl methyl sites for hydroxylation is 1. The Balaban J connectivity index is 1.51. The fraction of sp³-hybridized carbons (Fsp3) is 0.267. The standard InChI is InChI=1S/C15H16F2N6O/c16-13(17)14-21-11-4-3-10(9-12(11)22-14)20-15(24)18-5-1-7-23-8-2-6-19-23/h2-4,6,8-9,13H,1,5,7H2,(H,21,22)(H2,18,20,24). The number of amides is 2. The van der Waals surface area contributed by atoms with E-state index in [0.29, 0.717) is 29.8 Å². The van der Waals surface area contributed by atoms with Gasteiger partial charge in [0.15, 0.2) is 5.82 Å². The first-order valence-corrected chi connectivity index (χ1v) is 7.42. The van der Waals surface area contributed by atoms with Crippen LogP contribution in [0.25, 0.3) is 11.0 Å². The second-order valence-electron chi connectivity index (χ2n) is 5.16. The van der Waals surface area contributed by atoms with Gasteiger partial charge in [0.1, 0.15) is 0 Å². The highest BCUT2D eigenvalue weighted by atomic mass is 19.3. The van der Waals surface area contributed by atoms with Crippen molar-refractivity contribution in [1.82, 2.24) is 25.1 Å². The number of nitrogens with one attached hydrogen (secondary N) is 3. The summed E-state index contributed by atoms with van der Waals surface area (Å²) >= 11 is 0. The summed E-state index contributed by atoms with van der Waals surface area (Å²) in [5, 5.41) is 9.46. The zero-order valence-electron chi connectivity index (χ0n) is 12.7. The molecule has 3 rings (SSSR count). The number of aromatic amines is 1. The predicted molar refractivity (Wildman–Crippen MR) is 84.9 cm³/mol. The van der Waals surface area contributed by atoms with Crippen molar-refractivity contribution in [2.45, 2.75) is 19.4 Å². The van der Waals surface area contributed by atoms with Crippen LogP contribution < -0.4 is 10.6 Å². The van der Waals surface area contributed by atoms with Gasteiger partial charge in [0.25, 0.3) is 6.43 Å². The summed E-state index contributed by atoms with van der Waals surface area (Å²) in [6, 6.07) is 6.23. The Bertz CT molecular complexity index is 815. The second-order valence-corrected chi connectivity index (χ2v) is 5.16. The molecular formula is C15H16F2N6O. The van der Waals surface area contributed by atoms with Crippen LogP contribution in [0.5, 0.6) is 0 Å². The summed E-state index contributed by atoms with van der Waals surface area (Å²) in [7, 11) is 0. The number of carbonyl (C=O) groups is 1. The number of aromatic nitrogens is 4. The Kier molecular flexibility index (Phi) is 4.69. The van der Waals surface area contributed by atoms with Crippen LogP contribution in [0.15, 0.2) is 36.7 Å². The molecule has 24 heavy (non-hydrogen) atoms. The maximum absolute atomic E-state index is 12.6. The van der Waals surface area contributed by atoms with E-state index < -0.39 is 6.43 Å². The van der Waals surface area contributed by atoms with Crippen LogP contribution in [0.2, 0.25) is 0 Å². The lowest BCUT2D eigenvalue weighted by atomic mass is 10.3. The molecule has 0 radical (unpaired) electrons. The van der Waals surface area contributed by atoms with E-state index in [0.717, 1.165) is 6.42 Å². The average molecular weight is 334 g/mol. The van der Waals surface area contributed by atoms with Gasteiger partial charge in [-0.15, -0.1) is 0 Å². The first kappa shape index (κ1) is 15.9. The van der Waals surface area contributed by atoms with Crippen molar-refractivity contribution in [2.75, 3.05) is 11.9 Å². The van der Waals surface area contributed by atoms with Gasteiger partial charge in [-0.3, -0.25) is 4.68 Å². The van der Waals surface area contributed by atoms with E-state index in [1.807, 2.05) is 12.3 Å². The molecule has 2 heterocycles. The van der Waals surface area contributed by atoms with Gasteiger partial charge in [-0.25, -0.2) is 18.6 Å². The van der Waals surface area contributed by atoms with Crippen molar-refractivity contribution < 1.29 is 13.6 Å². The van der Waals surface area contributed by atoms with Crippen molar-refractivity contribution in [3.05, 3.63) is 42.5 Å². The Morgan fingerprint density at radius 3 is 3.00 bits per heavy atom. The van der Waals surface area contributed by atoms with Crippen molar-refractivity contribution >= 4 is 22.8 Å². The number of urea groups is 1. The third kappa shape index (κ3) is 3.86. The number of hydrogen-bond acceptors (Lipinski definition) is 3. The smallest absolute Gasteiger partial charge is 0.319 e. The Hall–Kier alpha value is -2.97.